The molecule has 0 aliphatic carbocycles. The summed E-state index contributed by atoms with van der Waals surface area (Å²) in [5.74, 6) is 1.93. The molecular formula is C95H66BIrLiN8OP-. The van der Waals surface area contributed by atoms with Crippen LogP contribution in [0.2, 0.25) is 0 Å². The van der Waals surface area contributed by atoms with Crippen LogP contribution in [-0.4, -0.2) is 52.9 Å². The fraction of sp³-hybridized carbons (Fsp3) is 0.0105. The summed E-state index contributed by atoms with van der Waals surface area (Å²) >= 11 is 0. The molecular weight excluding hydrogens is 1510 g/mol. The minimum atomic E-state index is -0.0110. The van der Waals surface area contributed by atoms with Crippen molar-refractivity contribution in [3.8, 4) is 84.8 Å². The van der Waals surface area contributed by atoms with Crippen LogP contribution in [0.15, 0.2) is 377 Å². The van der Waals surface area contributed by atoms with Gasteiger partial charge in [0.2, 0.25) is 0 Å². The number of nitrogens with zero attached hydrogens (tertiary/aromatic N) is 8. The van der Waals surface area contributed by atoms with Crippen molar-refractivity contribution in [3.05, 3.63) is 383 Å². The monoisotopic (exact) mass is 1580 g/mol. The number of pyridine rings is 3. The van der Waals surface area contributed by atoms with Crippen LogP contribution in [0.5, 0.6) is 5.75 Å². The zero-order valence-electron chi connectivity index (χ0n) is 59.0. The van der Waals surface area contributed by atoms with Crippen LogP contribution in [0.4, 0.5) is 0 Å². The molecule has 6 heterocycles. The third kappa shape index (κ3) is 15.5. The summed E-state index contributed by atoms with van der Waals surface area (Å²) in [5, 5.41) is 22.9. The zero-order chi connectivity index (χ0) is 71.6. The first-order chi connectivity index (χ1) is 52.4. The maximum Gasteiger partial charge on any atom is 1.00 e. The van der Waals surface area contributed by atoms with Gasteiger partial charge in [0.25, 0.3) is 0 Å². The predicted octanol–water partition coefficient (Wildman–Crippen LogP) is 19.8. The first kappa shape index (κ1) is 72.7. The Morgan fingerprint density at radius 1 is 0.324 bits per heavy atom. The first-order valence-electron chi connectivity index (χ1n) is 35.1. The zero-order valence-corrected chi connectivity index (χ0v) is 62.5. The van der Waals surface area contributed by atoms with Crippen molar-refractivity contribution in [1.82, 2.24) is 39.0 Å². The van der Waals surface area contributed by atoms with E-state index in [1.807, 2.05) is 72.9 Å². The van der Waals surface area contributed by atoms with Crippen LogP contribution in [0.25, 0.3) is 166 Å². The third-order valence-corrected chi connectivity index (χ3v) is 18.7. The quantitative estimate of drug-likeness (QED) is 0.0846. The topological polar surface area (TPSA) is 110 Å². The Morgan fingerprint density at radius 3 is 1.16 bits per heavy atom. The van der Waals surface area contributed by atoms with Gasteiger partial charge in [-0.25, -0.2) is 15.0 Å². The summed E-state index contributed by atoms with van der Waals surface area (Å²) in [4.78, 5) is 27.8. The van der Waals surface area contributed by atoms with Gasteiger partial charge < -0.3 is 19.2 Å². The van der Waals surface area contributed by atoms with E-state index in [1.165, 1.54) is 83.0 Å². The van der Waals surface area contributed by atoms with E-state index in [9.17, 15) is 5.11 Å². The number of para-hydroxylation sites is 6. The van der Waals surface area contributed by atoms with E-state index in [2.05, 4.69) is 318 Å². The average Bonchev–Trinajstić information content (AvgIpc) is 1.61. The second-order valence-corrected chi connectivity index (χ2v) is 25.8. The number of rotatable bonds is 8. The number of fused-ring (bicyclic) bond motifs is 10. The molecule has 511 valence electrons. The molecule has 13 heteroatoms. The summed E-state index contributed by atoms with van der Waals surface area (Å²) in [6.07, 6.45) is 5.26. The molecule has 20 aromatic rings. The summed E-state index contributed by atoms with van der Waals surface area (Å²) in [7, 11) is 7.17. The van der Waals surface area contributed by atoms with Gasteiger partial charge in [0.05, 0.1) is 40.9 Å². The van der Waals surface area contributed by atoms with Gasteiger partial charge in [-0.05, 0) is 128 Å². The Labute approximate surface area is 655 Å². The molecule has 0 fully saturated rings. The van der Waals surface area contributed by atoms with Crippen molar-refractivity contribution in [1.29, 1.82) is 0 Å². The maximum absolute atomic E-state index is 11.1. The average molecular weight is 1580 g/mol. The molecule has 0 spiro atoms. The summed E-state index contributed by atoms with van der Waals surface area (Å²) in [6.45, 7) is 0. The second kappa shape index (κ2) is 33.9. The summed E-state index contributed by atoms with van der Waals surface area (Å²) in [5.41, 5.74) is 18.3. The molecule has 3 radical (unpaired) electrons. The van der Waals surface area contributed by atoms with Crippen molar-refractivity contribution >= 4 is 104 Å². The van der Waals surface area contributed by atoms with E-state index in [4.69, 9.17) is 22.8 Å². The molecule has 1 unspecified atom stereocenters. The molecule has 20 rings (SSSR count). The van der Waals surface area contributed by atoms with Crippen LogP contribution in [0.3, 0.4) is 0 Å². The predicted molar refractivity (Wildman–Crippen MR) is 442 cm³/mol. The molecule has 1 atom stereocenters. The fourth-order valence-corrected chi connectivity index (χ4v) is 13.7. The van der Waals surface area contributed by atoms with Crippen LogP contribution >= 0.6 is 9.24 Å². The number of hydrogen-bond acceptors (Lipinski definition) is 7. The van der Waals surface area contributed by atoms with Crippen LogP contribution < -0.4 is 24.0 Å². The van der Waals surface area contributed by atoms with E-state index in [-0.39, 0.29) is 44.7 Å². The molecule has 0 bridgehead atoms. The van der Waals surface area contributed by atoms with E-state index >= 15 is 0 Å². The Kier molecular flexibility index (Phi) is 22.8. The fourth-order valence-electron chi connectivity index (χ4n) is 13.7. The standard InChI is InChI=1S/C38H24N4.C36H24N2.C11H8N.C9H7NO.CH4BP.Ir.Li/c1-3-9-30-23-32(20-14-25(30)7-1)37-40-36(41-38(42-37)33-21-15-26-8-2-4-10-31(26)24-33)29-18-16-27(17-19-29)34-13-5-11-28-12-6-22-39-35(28)34;1-5-13-33-29(9-1)30-10-2-6-14-34(30)37(33)27-21-17-25(18-22-27)26-19-23-28(24-20-26)38-35-15-7-3-11-31(35)32-12-4-8-16-36(32)38;1-2-6-10(7-3-1)11-8-4-5-9-12-11;11-8-5-1-3-7-4-2-6-10-9(7)8;2-1-3;;/h1-24H;1-24H;1-6,8-9H;1-6,11H;1,3H2;;/q;;-1;;;;+1/p-1. The Morgan fingerprint density at radius 2 is 0.694 bits per heavy atom. The molecule has 0 saturated heterocycles. The first-order valence-corrected chi connectivity index (χ1v) is 35.9. The van der Waals surface area contributed by atoms with Gasteiger partial charge in [0.15, 0.2) is 17.5 Å². The van der Waals surface area contributed by atoms with Gasteiger partial charge in [-0.3, -0.25) is 9.97 Å². The summed E-state index contributed by atoms with van der Waals surface area (Å²) in [6, 6.07) is 127. The minimum absolute atomic E-state index is 0. The van der Waals surface area contributed by atoms with Crippen LogP contribution in [0.1, 0.15) is 0 Å². The molecule has 0 aliphatic rings. The molecule has 0 saturated carbocycles. The van der Waals surface area contributed by atoms with Gasteiger partial charge in [-0.2, -0.15) is 0 Å². The maximum atomic E-state index is 11.1. The number of aromatic nitrogens is 8. The van der Waals surface area contributed by atoms with E-state index < -0.39 is 0 Å². The third-order valence-electron chi connectivity index (χ3n) is 18.7. The molecule has 0 N–H and O–H groups in total. The van der Waals surface area contributed by atoms with E-state index in [0.29, 0.717) is 29.1 Å². The summed E-state index contributed by atoms with van der Waals surface area (Å²) < 4.78 is 4.72. The van der Waals surface area contributed by atoms with Gasteiger partial charge in [-0.1, -0.05) is 267 Å². The van der Waals surface area contributed by atoms with Crippen molar-refractivity contribution in [2.75, 3.05) is 6.06 Å². The Bertz CT molecular complexity index is 6080. The molecule has 9 nitrogen and oxygen atoms in total. The molecule has 14 aromatic carbocycles. The molecule has 108 heavy (non-hydrogen) atoms. The van der Waals surface area contributed by atoms with Crippen molar-refractivity contribution < 1.29 is 44.1 Å². The number of hydrogen-bond donors (Lipinski definition) is 0. The van der Waals surface area contributed by atoms with Crippen molar-refractivity contribution in [2.24, 2.45) is 0 Å². The number of benzene rings is 14. The molecule has 0 amide bonds. The molecule has 0 aliphatic heterocycles. The SMILES string of the molecule is [B]CP.[Ir].[Li+].[O-]c1cccc2cccnc12.[c-]1ccccc1-c1ccccn1.c1ccc2c(c1)c1ccccc1n2-c1ccc(-c2ccc(-n3c4ccccc4c4ccccc43)cc2)cc1.c1ccc2cc(-c3nc(-c4ccc(-c5cccc6cccnc56)cc4)nc(-c4ccc5ccccc5c4)n3)ccc2c1. The normalized spacial score (nSPS) is 10.8. The van der Waals surface area contributed by atoms with Crippen LogP contribution in [-0.2, 0) is 20.1 Å². The van der Waals surface area contributed by atoms with Gasteiger partial charge in [0, 0.05) is 99.3 Å². The smallest absolute Gasteiger partial charge is 0.871 e. The van der Waals surface area contributed by atoms with Crippen molar-refractivity contribution in [3.63, 3.8) is 0 Å². The largest absolute Gasteiger partial charge is 1.00 e. The second-order valence-electron chi connectivity index (χ2n) is 25.3. The Hall–Kier alpha value is -12.3. The molecule has 6 aromatic heterocycles. The Balaban J connectivity index is 0.000000134. The van der Waals surface area contributed by atoms with Crippen molar-refractivity contribution in [2.45, 2.75) is 0 Å². The van der Waals surface area contributed by atoms with E-state index in [0.717, 1.165) is 66.1 Å². The van der Waals surface area contributed by atoms with Gasteiger partial charge in [-0.15, -0.1) is 45.1 Å². The minimum Gasteiger partial charge on any atom is -0.871 e. The van der Waals surface area contributed by atoms with Crippen LogP contribution in [0, 0.1) is 6.07 Å². The van der Waals surface area contributed by atoms with Gasteiger partial charge in [0.1, 0.15) is 0 Å². The van der Waals surface area contributed by atoms with E-state index in [1.54, 1.807) is 18.5 Å². The van der Waals surface area contributed by atoms with Gasteiger partial charge >= 0.3 is 18.9 Å².